The Morgan fingerprint density at radius 2 is 1.88 bits per heavy atom. The Balaban J connectivity index is 1.26. The molecular formula is C25H36N6O3. The van der Waals surface area contributed by atoms with E-state index in [2.05, 4.69) is 25.2 Å². The topological polar surface area (TPSA) is 94.4 Å². The van der Waals surface area contributed by atoms with Gasteiger partial charge in [0, 0.05) is 38.4 Å². The Hall–Kier alpha value is -2.52. The third-order valence-electron chi connectivity index (χ3n) is 7.48. The number of aryl methyl sites for hydroxylation is 1. The van der Waals surface area contributed by atoms with Crippen LogP contribution in [0.3, 0.4) is 0 Å². The normalized spacial score (nSPS) is 24.3. The smallest absolute Gasteiger partial charge is 0.270 e. The van der Waals surface area contributed by atoms with Gasteiger partial charge >= 0.3 is 0 Å². The Labute approximate surface area is 201 Å². The second-order valence-corrected chi connectivity index (χ2v) is 9.89. The zero-order valence-electron chi connectivity index (χ0n) is 20.1. The number of nitrogens with zero attached hydrogens (tertiary/aromatic N) is 5. The third-order valence-corrected chi connectivity index (χ3v) is 7.48. The maximum atomic E-state index is 13.2. The zero-order valence-corrected chi connectivity index (χ0v) is 20.1. The molecule has 0 bridgehead atoms. The van der Waals surface area contributed by atoms with Crippen LogP contribution in [0, 0.1) is 5.92 Å². The molecule has 0 aromatic carbocycles. The van der Waals surface area contributed by atoms with E-state index in [-0.39, 0.29) is 11.9 Å². The number of amides is 1. The summed E-state index contributed by atoms with van der Waals surface area (Å²) in [5.41, 5.74) is 1.09. The van der Waals surface area contributed by atoms with E-state index in [0.717, 1.165) is 57.4 Å². The minimum Gasteiger partial charge on any atom is -0.477 e. The highest BCUT2D eigenvalue weighted by atomic mass is 16.5. The lowest BCUT2D eigenvalue weighted by Crippen LogP contribution is -2.43. The number of aromatic nitrogens is 4. The Bertz CT molecular complexity index is 959. The van der Waals surface area contributed by atoms with Gasteiger partial charge < -0.3 is 24.3 Å². The van der Waals surface area contributed by atoms with Gasteiger partial charge in [0.1, 0.15) is 11.4 Å². The van der Waals surface area contributed by atoms with Crippen molar-refractivity contribution in [2.24, 2.45) is 13.0 Å². The van der Waals surface area contributed by atoms with Crippen molar-refractivity contribution in [2.45, 2.75) is 63.5 Å². The van der Waals surface area contributed by atoms with Crippen molar-refractivity contribution >= 4 is 5.91 Å². The highest BCUT2D eigenvalue weighted by Crippen LogP contribution is 2.27. The van der Waals surface area contributed by atoms with Gasteiger partial charge in [0.2, 0.25) is 5.88 Å². The number of hydrogen-bond donors (Lipinski definition) is 1. The molecule has 0 radical (unpaired) electrons. The van der Waals surface area contributed by atoms with E-state index in [1.165, 1.54) is 25.9 Å². The number of ether oxygens (including phenoxy) is 2. The Kier molecular flexibility index (Phi) is 7.39. The average Bonchev–Trinajstić information content (AvgIpc) is 3.56. The fraction of sp³-hybridized carbons (Fsp3) is 0.680. The molecule has 9 heteroatoms. The first kappa shape index (κ1) is 23.2. The minimum atomic E-state index is -0.161. The standard InChI is InChI=1S/C25H36N6O3/c1-30-17-26-15-22(30)24-28-21(14-23(29-24)34-16-18-8-12-33-13-9-18)25(32)27-19-4-6-20(7-5-19)31-10-2-3-11-31/h14-15,17-20H,2-13,16H2,1H3,(H,27,32). The molecule has 2 saturated heterocycles. The quantitative estimate of drug-likeness (QED) is 0.668. The summed E-state index contributed by atoms with van der Waals surface area (Å²) in [6.45, 7) is 4.57. The third kappa shape index (κ3) is 5.58. The summed E-state index contributed by atoms with van der Waals surface area (Å²) < 4.78 is 13.3. The molecule has 3 aliphatic rings. The van der Waals surface area contributed by atoms with E-state index >= 15 is 0 Å². The molecule has 184 valence electrons. The monoisotopic (exact) mass is 468 g/mol. The molecule has 5 rings (SSSR count). The molecule has 2 aromatic rings. The number of carbonyl (C=O) groups excluding carboxylic acids is 1. The zero-order chi connectivity index (χ0) is 23.3. The SMILES string of the molecule is Cn1cncc1-c1nc(OCC2CCOCC2)cc(C(=O)NC2CCC(N3CCCC3)CC2)n1. The van der Waals surface area contributed by atoms with Crippen LogP contribution in [-0.4, -0.2) is 75.3 Å². The van der Waals surface area contributed by atoms with Crippen molar-refractivity contribution < 1.29 is 14.3 Å². The summed E-state index contributed by atoms with van der Waals surface area (Å²) in [7, 11) is 1.89. The molecular weight excluding hydrogens is 432 g/mol. The molecule has 1 saturated carbocycles. The van der Waals surface area contributed by atoms with Crippen LogP contribution in [0.2, 0.25) is 0 Å². The number of hydrogen-bond acceptors (Lipinski definition) is 7. The summed E-state index contributed by atoms with van der Waals surface area (Å²) in [6.07, 6.45) is 12.3. The van der Waals surface area contributed by atoms with Crippen molar-refractivity contribution in [3.05, 3.63) is 24.3 Å². The van der Waals surface area contributed by atoms with E-state index in [9.17, 15) is 4.79 Å². The fourth-order valence-electron chi connectivity index (χ4n) is 5.37. The number of nitrogens with one attached hydrogen (secondary N) is 1. The van der Waals surface area contributed by atoms with Gasteiger partial charge in [-0.1, -0.05) is 0 Å². The van der Waals surface area contributed by atoms with Crippen molar-refractivity contribution in [1.82, 2.24) is 29.7 Å². The highest BCUT2D eigenvalue weighted by Gasteiger charge is 2.29. The van der Waals surface area contributed by atoms with Crippen molar-refractivity contribution in [3.8, 4) is 17.4 Å². The first-order valence-corrected chi connectivity index (χ1v) is 12.8. The van der Waals surface area contributed by atoms with Gasteiger partial charge in [-0.25, -0.2) is 9.97 Å². The summed E-state index contributed by atoms with van der Waals surface area (Å²) in [4.78, 5) is 29.2. The van der Waals surface area contributed by atoms with Crippen LogP contribution in [0.1, 0.15) is 61.9 Å². The summed E-state index contributed by atoms with van der Waals surface area (Å²) in [6, 6.07) is 2.54. The van der Waals surface area contributed by atoms with Crippen LogP contribution in [0.4, 0.5) is 0 Å². The van der Waals surface area contributed by atoms with E-state index in [0.29, 0.717) is 36.0 Å². The number of rotatable bonds is 7. The molecule has 34 heavy (non-hydrogen) atoms. The lowest BCUT2D eigenvalue weighted by atomic mass is 9.90. The molecule has 2 aromatic heterocycles. The molecule has 9 nitrogen and oxygen atoms in total. The molecule has 1 N–H and O–H groups in total. The average molecular weight is 469 g/mol. The lowest BCUT2D eigenvalue weighted by molar-refractivity contribution is 0.0490. The van der Waals surface area contributed by atoms with Gasteiger partial charge in [0.25, 0.3) is 5.91 Å². The summed E-state index contributed by atoms with van der Waals surface area (Å²) in [5, 5.41) is 3.22. The van der Waals surface area contributed by atoms with Gasteiger partial charge in [-0.2, -0.15) is 4.98 Å². The molecule has 0 spiro atoms. The van der Waals surface area contributed by atoms with Crippen LogP contribution in [0.5, 0.6) is 5.88 Å². The maximum Gasteiger partial charge on any atom is 0.270 e. The molecule has 1 amide bonds. The van der Waals surface area contributed by atoms with E-state index in [1.54, 1.807) is 18.6 Å². The van der Waals surface area contributed by atoms with E-state index < -0.39 is 0 Å². The Morgan fingerprint density at radius 3 is 2.59 bits per heavy atom. The van der Waals surface area contributed by atoms with Crippen LogP contribution in [-0.2, 0) is 11.8 Å². The number of likely N-dealkylation sites (tertiary alicyclic amines) is 1. The summed E-state index contributed by atoms with van der Waals surface area (Å²) >= 11 is 0. The molecule has 1 aliphatic carbocycles. The van der Waals surface area contributed by atoms with Crippen LogP contribution < -0.4 is 10.1 Å². The second kappa shape index (κ2) is 10.8. The van der Waals surface area contributed by atoms with Gasteiger partial charge in [-0.3, -0.25) is 4.79 Å². The number of carbonyl (C=O) groups is 1. The van der Waals surface area contributed by atoms with Gasteiger partial charge in [-0.05, 0) is 70.4 Å². The van der Waals surface area contributed by atoms with Crippen molar-refractivity contribution in [2.75, 3.05) is 32.9 Å². The van der Waals surface area contributed by atoms with Gasteiger partial charge in [0.05, 0.1) is 19.1 Å². The lowest BCUT2D eigenvalue weighted by Gasteiger charge is -2.34. The summed E-state index contributed by atoms with van der Waals surface area (Å²) in [5.74, 6) is 1.16. The van der Waals surface area contributed by atoms with Crippen LogP contribution in [0.25, 0.3) is 11.5 Å². The molecule has 3 fully saturated rings. The molecule has 0 atom stereocenters. The number of imidazole rings is 1. The largest absolute Gasteiger partial charge is 0.477 e. The highest BCUT2D eigenvalue weighted by molar-refractivity contribution is 5.93. The van der Waals surface area contributed by atoms with E-state index in [4.69, 9.17) is 9.47 Å². The molecule has 4 heterocycles. The van der Waals surface area contributed by atoms with Gasteiger partial charge in [0.15, 0.2) is 5.82 Å². The molecule has 0 unspecified atom stereocenters. The second-order valence-electron chi connectivity index (χ2n) is 9.89. The first-order valence-electron chi connectivity index (χ1n) is 12.8. The Morgan fingerprint density at radius 1 is 1.12 bits per heavy atom. The van der Waals surface area contributed by atoms with Crippen molar-refractivity contribution in [3.63, 3.8) is 0 Å². The van der Waals surface area contributed by atoms with Gasteiger partial charge in [-0.15, -0.1) is 0 Å². The maximum absolute atomic E-state index is 13.2. The predicted molar refractivity (Wildman–Crippen MR) is 128 cm³/mol. The minimum absolute atomic E-state index is 0.161. The first-order chi connectivity index (χ1) is 16.7. The fourth-order valence-corrected chi connectivity index (χ4v) is 5.37. The van der Waals surface area contributed by atoms with Crippen LogP contribution in [0.15, 0.2) is 18.6 Å². The van der Waals surface area contributed by atoms with Crippen molar-refractivity contribution in [1.29, 1.82) is 0 Å². The predicted octanol–water partition coefficient (Wildman–Crippen LogP) is 2.82. The van der Waals surface area contributed by atoms with Crippen LogP contribution >= 0.6 is 0 Å². The molecule has 2 aliphatic heterocycles. The van der Waals surface area contributed by atoms with E-state index in [1.807, 2.05) is 11.6 Å².